The van der Waals surface area contributed by atoms with Crippen molar-refractivity contribution >= 4 is 41.6 Å². The van der Waals surface area contributed by atoms with E-state index in [-0.39, 0.29) is 30.6 Å². The van der Waals surface area contributed by atoms with E-state index in [0.717, 1.165) is 37.4 Å². The number of amides is 2. The third kappa shape index (κ3) is 5.03. The van der Waals surface area contributed by atoms with Gasteiger partial charge in [0, 0.05) is 61.3 Å². The van der Waals surface area contributed by atoms with Gasteiger partial charge in [-0.2, -0.15) is 0 Å². The van der Waals surface area contributed by atoms with Crippen molar-refractivity contribution in [3.8, 4) is 0 Å². The number of carboxylic acids is 1. The number of carbonyl (C=O) groups excluding carboxylic acids is 2. The zero-order valence-electron chi connectivity index (χ0n) is 17.8. The average molecular weight is 459 g/mol. The highest BCUT2D eigenvalue weighted by molar-refractivity contribution is 6.06. The number of nitrogens with zero attached hydrogens (tertiary/aromatic N) is 2. The minimum atomic E-state index is -0.938. The fourth-order valence-corrected chi connectivity index (χ4v) is 4.07. The number of benzene rings is 2. The highest BCUT2D eigenvalue weighted by Gasteiger charge is 2.31. The van der Waals surface area contributed by atoms with Gasteiger partial charge in [0.2, 0.25) is 0 Å². The monoisotopic (exact) mass is 458 g/mol. The third-order valence-corrected chi connectivity index (χ3v) is 5.81. The quantitative estimate of drug-likeness (QED) is 0.615. The van der Waals surface area contributed by atoms with Crippen LogP contribution in [-0.2, 0) is 11.3 Å². The van der Waals surface area contributed by atoms with Crippen LogP contribution in [0.3, 0.4) is 0 Å². The molecule has 2 aromatic carbocycles. The number of carbonyl (C=O) groups is 3. The number of halogens is 1. The van der Waals surface area contributed by atoms with Gasteiger partial charge in [-0.1, -0.05) is 6.07 Å². The van der Waals surface area contributed by atoms with Crippen LogP contribution in [0.4, 0.5) is 11.4 Å². The SMILES string of the molecule is CC(CC(=O)O)N1Cc2ccc(NC(=O)c3ccc(N4CCNCC4)cc3)cc2C1=O.Cl. The minimum absolute atomic E-state index is 0. The maximum atomic E-state index is 12.7. The fourth-order valence-electron chi connectivity index (χ4n) is 4.07. The molecule has 170 valence electrons. The molecule has 3 N–H and O–H groups in total. The second-order valence-corrected chi connectivity index (χ2v) is 7.99. The molecule has 2 amide bonds. The van der Waals surface area contributed by atoms with Gasteiger partial charge in [-0.3, -0.25) is 14.4 Å². The highest BCUT2D eigenvalue weighted by atomic mass is 35.5. The number of hydrogen-bond acceptors (Lipinski definition) is 5. The summed E-state index contributed by atoms with van der Waals surface area (Å²) in [7, 11) is 0. The zero-order valence-corrected chi connectivity index (χ0v) is 18.7. The van der Waals surface area contributed by atoms with Crippen molar-refractivity contribution in [2.45, 2.75) is 25.9 Å². The lowest BCUT2D eigenvalue weighted by Crippen LogP contribution is -2.43. The lowest BCUT2D eigenvalue weighted by molar-refractivity contribution is -0.138. The van der Waals surface area contributed by atoms with Crippen LogP contribution in [0, 0.1) is 0 Å². The smallest absolute Gasteiger partial charge is 0.305 e. The molecule has 0 bridgehead atoms. The molecule has 2 aliphatic heterocycles. The molecular formula is C23H27ClN4O4. The number of aliphatic carboxylic acids is 1. The summed E-state index contributed by atoms with van der Waals surface area (Å²) >= 11 is 0. The molecule has 1 unspecified atom stereocenters. The molecular weight excluding hydrogens is 432 g/mol. The highest BCUT2D eigenvalue weighted by Crippen LogP contribution is 2.28. The van der Waals surface area contributed by atoms with Crippen molar-refractivity contribution in [2.24, 2.45) is 0 Å². The van der Waals surface area contributed by atoms with E-state index in [2.05, 4.69) is 15.5 Å². The van der Waals surface area contributed by atoms with Crippen molar-refractivity contribution in [1.29, 1.82) is 0 Å². The largest absolute Gasteiger partial charge is 0.481 e. The molecule has 0 aromatic heterocycles. The summed E-state index contributed by atoms with van der Waals surface area (Å²) in [6.45, 7) is 5.89. The van der Waals surface area contributed by atoms with Crippen LogP contribution in [0.15, 0.2) is 42.5 Å². The van der Waals surface area contributed by atoms with Crippen LogP contribution < -0.4 is 15.5 Å². The molecule has 9 heteroatoms. The van der Waals surface area contributed by atoms with Crippen LogP contribution >= 0.6 is 12.4 Å². The normalized spacial score (nSPS) is 16.2. The third-order valence-electron chi connectivity index (χ3n) is 5.81. The summed E-state index contributed by atoms with van der Waals surface area (Å²) < 4.78 is 0. The molecule has 0 spiro atoms. The van der Waals surface area contributed by atoms with Crippen molar-refractivity contribution in [3.05, 3.63) is 59.2 Å². The Balaban J connectivity index is 0.00000289. The van der Waals surface area contributed by atoms with Gasteiger partial charge in [0.1, 0.15) is 0 Å². The Labute approximate surface area is 193 Å². The van der Waals surface area contributed by atoms with Gasteiger partial charge in [-0.05, 0) is 48.9 Å². The van der Waals surface area contributed by atoms with Crippen molar-refractivity contribution in [3.63, 3.8) is 0 Å². The molecule has 1 saturated heterocycles. The van der Waals surface area contributed by atoms with Gasteiger partial charge in [0.05, 0.1) is 6.42 Å². The molecule has 2 heterocycles. The lowest BCUT2D eigenvalue weighted by atomic mass is 10.1. The Kier molecular flexibility index (Phi) is 7.37. The molecule has 0 radical (unpaired) electrons. The van der Waals surface area contributed by atoms with Crippen LogP contribution in [0.5, 0.6) is 0 Å². The van der Waals surface area contributed by atoms with E-state index >= 15 is 0 Å². The molecule has 1 atom stereocenters. The zero-order chi connectivity index (χ0) is 22.0. The first-order valence-corrected chi connectivity index (χ1v) is 10.4. The summed E-state index contributed by atoms with van der Waals surface area (Å²) in [6, 6.07) is 12.4. The van der Waals surface area contributed by atoms with Crippen molar-refractivity contribution in [2.75, 3.05) is 36.4 Å². The van der Waals surface area contributed by atoms with Gasteiger partial charge in [0.25, 0.3) is 11.8 Å². The van der Waals surface area contributed by atoms with E-state index in [9.17, 15) is 14.4 Å². The van der Waals surface area contributed by atoms with E-state index in [1.165, 1.54) is 0 Å². The number of hydrogen-bond donors (Lipinski definition) is 3. The summed E-state index contributed by atoms with van der Waals surface area (Å²) in [5, 5.41) is 15.2. The molecule has 8 nitrogen and oxygen atoms in total. The number of piperazine rings is 1. The standard InChI is InChI=1S/C23H26N4O4.ClH/c1-15(12-21(28)29)27-14-17-2-5-18(13-20(17)23(27)31)25-22(30)16-3-6-19(7-4-16)26-10-8-24-9-11-26;/h2-7,13,15,24H,8-12,14H2,1H3,(H,25,30)(H,28,29);1H. The molecule has 4 rings (SSSR count). The first-order valence-electron chi connectivity index (χ1n) is 10.4. The fraction of sp³-hybridized carbons (Fsp3) is 0.348. The number of carboxylic acid groups (broad SMARTS) is 1. The van der Waals surface area contributed by atoms with Crippen LogP contribution in [0.25, 0.3) is 0 Å². The number of rotatable bonds is 6. The Hall–Kier alpha value is -3.10. The maximum Gasteiger partial charge on any atom is 0.305 e. The van der Waals surface area contributed by atoms with Gasteiger partial charge in [-0.25, -0.2) is 0 Å². The molecule has 1 fully saturated rings. The Bertz CT molecular complexity index is 1010. The van der Waals surface area contributed by atoms with E-state index in [4.69, 9.17) is 5.11 Å². The first kappa shape index (κ1) is 23.6. The second-order valence-electron chi connectivity index (χ2n) is 7.99. The lowest BCUT2D eigenvalue weighted by Gasteiger charge is -2.29. The van der Waals surface area contributed by atoms with E-state index in [1.54, 1.807) is 36.1 Å². The van der Waals surface area contributed by atoms with Crippen molar-refractivity contribution < 1.29 is 19.5 Å². The number of fused-ring (bicyclic) bond motifs is 1. The van der Waals surface area contributed by atoms with Gasteiger partial charge in [-0.15, -0.1) is 12.4 Å². The predicted molar refractivity (Wildman–Crippen MR) is 125 cm³/mol. The van der Waals surface area contributed by atoms with Crippen LogP contribution in [0.2, 0.25) is 0 Å². The predicted octanol–water partition coefficient (Wildman–Crippen LogP) is 2.59. The van der Waals surface area contributed by atoms with Gasteiger partial charge >= 0.3 is 5.97 Å². The topological polar surface area (TPSA) is 102 Å². The summed E-state index contributed by atoms with van der Waals surface area (Å²) in [4.78, 5) is 40.2. The Morgan fingerprint density at radius 3 is 2.47 bits per heavy atom. The summed E-state index contributed by atoms with van der Waals surface area (Å²) in [5.41, 5.74) is 3.51. The van der Waals surface area contributed by atoms with E-state index in [0.29, 0.717) is 23.4 Å². The molecule has 2 aromatic rings. The Morgan fingerprint density at radius 1 is 1.12 bits per heavy atom. The molecule has 2 aliphatic rings. The number of anilines is 2. The number of nitrogens with one attached hydrogen (secondary N) is 2. The van der Waals surface area contributed by atoms with Crippen molar-refractivity contribution in [1.82, 2.24) is 10.2 Å². The molecule has 32 heavy (non-hydrogen) atoms. The maximum absolute atomic E-state index is 12.7. The van der Waals surface area contributed by atoms with E-state index < -0.39 is 12.0 Å². The summed E-state index contributed by atoms with van der Waals surface area (Å²) in [6.07, 6.45) is -0.104. The first-order chi connectivity index (χ1) is 14.9. The van der Waals surface area contributed by atoms with E-state index in [1.807, 2.05) is 18.2 Å². The van der Waals surface area contributed by atoms with Gasteiger partial charge in [0.15, 0.2) is 0 Å². The average Bonchev–Trinajstić information content (AvgIpc) is 3.10. The second kappa shape index (κ2) is 10.0. The van der Waals surface area contributed by atoms with Crippen LogP contribution in [0.1, 0.15) is 39.6 Å². The Morgan fingerprint density at radius 2 is 1.81 bits per heavy atom. The minimum Gasteiger partial charge on any atom is -0.481 e. The molecule has 0 saturated carbocycles. The molecule has 0 aliphatic carbocycles. The summed E-state index contributed by atoms with van der Waals surface area (Å²) in [5.74, 6) is -1.39. The van der Waals surface area contributed by atoms with Gasteiger partial charge < -0.3 is 25.5 Å². The van der Waals surface area contributed by atoms with Crippen LogP contribution in [-0.4, -0.2) is 60.0 Å².